The number of aromatic nitrogens is 2. The predicted molar refractivity (Wildman–Crippen MR) is 71.3 cm³/mol. The lowest BCUT2D eigenvalue weighted by Crippen LogP contribution is -2.41. The van der Waals surface area contributed by atoms with Gasteiger partial charge in [-0.1, -0.05) is 19.8 Å². The van der Waals surface area contributed by atoms with Crippen molar-refractivity contribution < 1.29 is 4.52 Å². The number of nitrogens with zero attached hydrogens (tertiary/aromatic N) is 3. The van der Waals surface area contributed by atoms with E-state index in [9.17, 15) is 0 Å². The van der Waals surface area contributed by atoms with Crippen LogP contribution in [0.2, 0.25) is 0 Å². The molecule has 0 unspecified atom stereocenters. The fraction of sp³-hybridized carbons (Fsp3) is 0.857. The second kappa shape index (κ2) is 7.52. The summed E-state index contributed by atoms with van der Waals surface area (Å²) < 4.78 is 4.58. The maximum atomic E-state index is 4.58. The van der Waals surface area contributed by atoms with Crippen molar-refractivity contribution in [3.8, 4) is 0 Å². The molecule has 1 aromatic rings. The Labute approximate surface area is 110 Å². The zero-order valence-corrected chi connectivity index (χ0v) is 11.5. The molecule has 4 heteroatoms. The lowest BCUT2D eigenvalue weighted by Gasteiger charge is -2.38. The van der Waals surface area contributed by atoms with Crippen LogP contribution in [0.25, 0.3) is 0 Å². The van der Waals surface area contributed by atoms with Crippen molar-refractivity contribution in [1.82, 2.24) is 15.3 Å². The second-order valence-corrected chi connectivity index (χ2v) is 5.43. The zero-order chi connectivity index (χ0) is 12.6. The molecule has 2 bridgehead atoms. The molecule has 3 aliphatic rings. The standard InChI is InChI=1S/C7H12N2O.C7H13N/c1-2-3-4-5-7-6-10-9-8-7;1-4-8-5-2-7(1)3-6-8/h6H,2-5H2,1H3;7H,1-6H2. The molecule has 4 nitrogen and oxygen atoms in total. The quantitative estimate of drug-likeness (QED) is 0.772. The molecule has 3 fully saturated rings. The molecular formula is C14H25N3O. The molecule has 3 aliphatic heterocycles. The van der Waals surface area contributed by atoms with E-state index in [2.05, 4.69) is 26.7 Å². The SMILES string of the molecule is C1CN2CCC1CC2.CCCCCc1conn1. The van der Waals surface area contributed by atoms with Crippen LogP contribution in [0.5, 0.6) is 0 Å². The molecule has 0 aromatic carbocycles. The topological polar surface area (TPSA) is 42.2 Å². The minimum Gasteiger partial charge on any atom is -0.345 e. The Morgan fingerprint density at radius 2 is 1.94 bits per heavy atom. The van der Waals surface area contributed by atoms with Crippen molar-refractivity contribution in [1.29, 1.82) is 0 Å². The lowest BCUT2D eigenvalue weighted by molar-refractivity contribution is 0.111. The normalized spacial score (nSPS) is 25.6. The van der Waals surface area contributed by atoms with E-state index in [0.29, 0.717) is 0 Å². The lowest BCUT2D eigenvalue weighted by atomic mass is 9.89. The van der Waals surface area contributed by atoms with E-state index in [4.69, 9.17) is 0 Å². The van der Waals surface area contributed by atoms with Gasteiger partial charge in [-0.2, -0.15) is 0 Å². The van der Waals surface area contributed by atoms with Gasteiger partial charge >= 0.3 is 0 Å². The van der Waals surface area contributed by atoms with Gasteiger partial charge in [0.25, 0.3) is 0 Å². The first-order chi connectivity index (χ1) is 8.88. The summed E-state index contributed by atoms with van der Waals surface area (Å²) in [5.41, 5.74) is 0.966. The van der Waals surface area contributed by atoms with Crippen molar-refractivity contribution in [2.45, 2.75) is 51.9 Å². The van der Waals surface area contributed by atoms with Crippen LogP contribution in [0.3, 0.4) is 0 Å². The van der Waals surface area contributed by atoms with Crippen LogP contribution in [-0.4, -0.2) is 34.9 Å². The minimum atomic E-state index is 0.966. The molecule has 1 aromatic heterocycles. The van der Waals surface area contributed by atoms with E-state index in [1.807, 2.05) is 0 Å². The molecule has 4 rings (SSSR count). The molecule has 0 aliphatic carbocycles. The van der Waals surface area contributed by atoms with Crippen LogP contribution in [0.15, 0.2) is 10.8 Å². The number of aryl methyl sites for hydroxylation is 1. The first-order valence-corrected chi connectivity index (χ1v) is 7.36. The Bertz CT molecular complexity index is 282. The van der Waals surface area contributed by atoms with Crippen LogP contribution >= 0.6 is 0 Å². The summed E-state index contributed by atoms with van der Waals surface area (Å²) in [5.74, 6) is 1.11. The van der Waals surface area contributed by atoms with Crippen molar-refractivity contribution in [3.05, 3.63) is 12.0 Å². The van der Waals surface area contributed by atoms with E-state index in [1.54, 1.807) is 6.26 Å². The van der Waals surface area contributed by atoms with Gasteiger partial charge in [0.15, 0.2) is 0 Å². The van der Waals surface area contributed by atoms with Crippen molar-refractivity contribution in [3.63, 3.8) is 0 Å². The summed E-state index contributed by atoms with van der Waals surface area (Å²) in [6.45, 7) is 6.36. The van der Waals surface area contributed by atoms with Gasteiger partial charge < -0.3 is 9.42 Å². The fourth-order valence-electron chi connectivity index (χ4n) is 2.71. The van der Waals surface area contributed by atoms with E-state index >= 15 is 0 Å². The van der Waals surface area contributed by atoms with E-state index < -0.39 is 0 Å². The smallest absolute Gasteiger partial charge is 0.147 e. The Morgan fingerprint density at radius 1 is 1.22 bits per heavy atom. The first-order valence-electron chi connectivity index (χ1n) is 7.36. The highest BCUT2D eigenvalue weighted by Gasteiger charge is 2.24. The monoisotopic (exact) mass is 251 g/mol. The zero-order valence-electron chi connectivity index (χ0n) is 11.5. The van der Waals surface area contributed by atoms with Crippen LogP contribution in [-0.2, 0) is 6.42 Å². The average Bonchev–Trinajstić information content (AvgIpc) is 2.95. The Kier molecular flexibility index (Phi) is 5.65. The fourth-order valence-corrected chi connectivity index (χ4v) is 2.71. The molecule has 0 spiro atoms. The summed E-state index contributed by atoms with van der Waals surface area (Å²) in [4.78, 5) is 2.58. The predicted octanol–water partition coefficient (Wildman–Crippen LogP) is 2.90. The van der Waals surface area contributed by atoms with Crippen LogP contribution in [0.1, 0.15) is 51.1 Å². The molecule has 0 atom stereocenters. The van der Waals surface area contributed by atoms with Crippen molar-refractivity contribution >= 4 is 0 Å². The second-order valence-electron chi connectivity index (χ2n) is 5.43. The summed E-state index contributed by atoms with van der Waals surface area (Å²) >= 11 is 0. The summed E-state index contributed by atoms with van der Waals surface area (Å²) in [6.07, 6.45) is 10.7. The van der Waals surface area contributed by atoms with Gasteiger partial charge in [0.1, 0.15) is 12.0 Å². The number of unbranched alkanes of at least 4 members (excludes halogenated alkanes) is 2. The molecule has 0 amide bonds. The summed E-state index contributed by atoms with van der Waals surface area (Å²) in [6, 6.07) is 0. The number of hydrogen-bond donors (Lipinski definition) is 0. The van der Waals surface area contributed by atoms with Gasteiger partial charge in [0.05, 0.1) is 0 Å². The molecule has 0 saturated carbocycles. The van der Waals surface area contributed by atoms with E-state index in [1.165, 1.54) is 58.2 Å². The highest BCUT2D eigenvalue weighted by Crippen LogP contribution is 2.26. The number of fused-ring (bicyclic) bond motifs is 3. The van der Waals surface area contributed by atoms with Gasteiger partial charge in [-0.25, -0.2) is 0 Å². The number of hydrogen-bond acceptors (Lipinski definition) is 4. The first kappa shape index (κ1) is 13.5. The third kappa shape index (κ3) is 4.41. The molecule has 3 saturated heterocycles. The summed E-state index contributed by atoms with van der Waals surface area (Å²) in [7, 11) is 0. The molecule has 0 radical (unpaired) electrons. The van der Waals surface area contributed by atoms with Crippen LogP contribution in [0, 0.1) is 5.92 Å². The highest BCUT2D eigenvalue weighted by atomic mass is 16.5. The van der Waals surface area contributed by atoms with E-state index in [0.717, 1.165) is 18.0 Å². The average molecular weight is 251 g/mol. The van der Waals surface area contributed by atoms with Crippen LogP contribution in [0.4, 0.5) is 0 Å². The minimum absolute atomic E-state index is 0.966. The molecule has 102 valence electrons. The molecule has 0 N–H and O–H groups in total. The third-order valence-corrected chi connectivity index (χ3v) is 4.00. The van der Waals surface area contributed by atoms with Crippen molar-refractivity contribution in [2.75, 3.05) is 19.6 Å². The highest BCUT2D eigenvalue weighted by molar-refractivity contribution is 4.87. The maximum absolute atomic E-state index is 4.58. The Balaban J connectivity index is 0.000000136. The van der Waals surface area contributed by atoms with Crippen LogP contribution < -0.4 is 0 Å². The molecule has 18 heavy (non-hydrogen) atoms. The van der Waals surface area contributed by atoms with Gasteiger partial charge in [0, 0.05) is 5.27 Å². The van der Waals surface area contributed by atoms with Gasteiger partial charge in [-0.05, 0) is 57.7 Å². The molecule has 4 heterocycles. The van der Waals surface area contributed by atoms with Gasteiger partial charge in [-0.15, -0.1) is 5.10 Å². The molecular weight excluding hydrogens is 226 g/mol. The number of rotatable bonds is 4. The maximum Gasteiger partial charge on any atom is 0.147 e. The van der Waals surface area contributed by atoms with Gasteiger partial charge in [-0.3, -0.25) is 0 Å². The van der Waals surface area contributed by atoms with E-state index in [-0.39, 0.29) is 0 Å². The van der Waals surface area contributed by atoms with Crippen molar-refractivity contribution in [2.24, 2.45) is 5.92 Å². The summed E-state index contributed by atoms with van der Waals surface area (Å²) in [5, 5.41) is 7.15. The largest absolute Gasteiger partial charge is 0.345 e. The number of piperidine rings is 3. The van der Waals surface area contributed by atoms with Gasteiger partial charge in [0.2, 0.25) is 0 Å². The Morgan fingerprint density at radius 3 is 2.33 bits per heavy atom. The Hall–Kier alpha value is -0.900. The third-order valence-electron chi connectivity index (χ3n) is 4.00.